The maximum Gasteiger partial charge on any atom is 0.181 e. The SMILES string of the molecule is Cc1c(F)c(Cl)c(F)c(F)c1C(=O)CC(=O)C1CC1. The Hall–Kier alpha value is -1.36. The summed E-state index contributed by atoms with van der Waals surface area (Å²) in [6, 6.07) is 0. The van der Waals surface area contributed by atoms with Crippen molar-refractivity contribution in [3.63, 3.8) is 0 Å². The minimum atomic E-state index is -1.60. The number of hydrogen-bond donors (Lipinski definition) is 0. The Labute approximate surface area is 112 Å². The van der Waals surface area contributed by atoms with Gasteiger partial charge in [-0.15, -0.1) is 0 Å². The van der Waals surface area contributed by atoms with Crippen LogP contribution in [-0.4, -0.2) is 11.6 Å². The van der Waals surface area contributed by atoms with Gasteiger partial charge in [-0.3, -0.25) is 9.59 Å². The van der Waals surface area contributed by atoms with Gasteiger partial charge in [0.1, 0.15) is 16.6 Å². The first-order valence-corrected chi connectivity index (χ1v) is 6.10. The van der Waals surface area contributed by atoms with Crippen LogP contribution in [0.5, 0.6) is 0 Å². The van der Waals surface area contributed by atoms with Crippen LogP contribution in [0.2, 0.25) is 5.02 Å². The van der Waals surface area contributed by atoms with E-state index in [1.807, 2.05) is 0 Å². The molecule has 1 aliphatic carbocycles. The van der Waals surface area contributed by atoms with Crippen molar-refractivity contribution in [1.29, 1.82) is 0 Å². The summed E-state index contributed by atoms with van der Waals surface area (Å²) in [7, 11) is 0. The molecule has 1 aromatic rings. The van der Waals surface area contributed by atoms with Gasteiger partial charge in [0.25, 0.3) is 0 Å². The molecule has 0 spiro atoms. The first kappa shape index (κ1) is 14.1. The van der Waals surface area contributed by atoms with Crippen LogP contribution in [0.25, 0.3) is 0 Å². The lowest BCUT2D eigenvalue weighted by Gasteiger charge is -2.09. The van der Waals surface area contributed by atoms with Crippen LogP contribution in [0.1, 0.15) is 35.2 Å². The monoisotopic (exact) mass is 290 g/mol. The van der Waals surface area contributed by atoms with Crippen LogP contribution in [-0.2, 0) is 4.79 Å². The Kier molecular flexibility index (Phi) is 3.67. The molecule has 1 aliphatic rings. The molecular weight excluding hydrogens is 281 g/mol. The summed E-state index contributed by atoms with van der Waals surface area (Å²) < 4.78 is 40.5. The van der Waals surface area contributed by atoms with E-state index in [0.29, 0.717) is 12.8 Å². The average Bonchev–Trinajstić information content (AvgIpc) is 3.18. The van der Waals surface area contributed by atoms with Gasteiger partial charge in [0, 0.05) is 11.5 Å². The van der Waals surface area contributed by atoms with Crippen molar-refractivity contribution >= 4 is 23.2 Å². The fourth-order valence-corrected chi connectivity index (χ4v) is 2.09. The number of Topliss-reactive ketones (excluding diaryl/α,β-unsaturated/α-hetero) is 2. The van der Waals surface area contributed by atoms with Crippen molar-refractivity contribution in [1.82, 2.24) is 0 Å². The molecule has 0 heterocycles. The Morgan fingerprint density at radius 1 is 1.16 bits per heavy atom. The van der Waals surface area contributed by atoms with E-state index in [4.69, 9.17) is 11.6 Å². The van der Waals surface area contributed by atoms with E-state index in [9.17, 15) is 22.8 Å². The number of ketones is 2. The van der Waals surface area contributed by atoms with E-state index in [2.05, 4.69) is 0 Å². The number of hydrogen-bond acceptors (Lipinski definition) is 2. The molecule has 19 heavy (non-hydrogen) atoms. The van der Waals surface area contributed by atoms with Gasteiger partial charge in [-0.25, -0.2) is 13.2 Å². The highest BCUT2D eigenvalue weighted by atomic mass is 35.5. The van der Waals surface area contributed by atoms with Gasteiger partial charge in [0.2, 0.25) is 0 Å². The van der Waals surface area contributed by atoms with E-state index in [1.165, 1.54) is 0 Å². The minimum Gasteiger partial charge on any atom is -0.299 e. The van der Waals surface area contributed by atoms with Crippen LogP contribution in [0.4, 0.5) is 13.2 Å². The van der Waals surface area contributed by atoms with Crippen molar-refractivity contribution in [2.45, 2.75) is 26.2 Å². The van der Waals surface area contributed by atoms with Crippen LogP contribution in [0.3, 0.4) is 0 Å². The fraction of sp³-hybridized carbons (Fsp3) is 0.385. The lowest BCUT2D eigenvalue weighted by atomic mass is 9.98. The van der Waals surface area contributed by atoms with Gasteiger partial charge in [0.05, 0.1) is 12.0 Å². The van der Waals surface area contributed by atoms with Crippen molar-refractivity contribution in [2.24, 2.45) is 5.92 Å². The van der Waals surface area contributed by atoms with Gasteiger partial charge in [-0.05, 0) is 19.8 Å². The molecule has 1 aromatic carbocycles. The van der Waals surface area contributed by atoms with Crippen molar-refractivity contribution in [2.75, 3.05) is 0 Å². The third kappa shape index (κ3) is 2.52. The zero-order valence-corrected chi connectivity index (χ0v) is 10.8. The maximum absolute atomic E-state index is 13.7. The maximum atomic E-state index is 13.7. The predicted molar refractivity (Wildman–Crippen MR) is 62.7 cm³/mol. The zero-order chi connectivity index (χ0) is 14.3. The number of halogens is 4. The van der Waals surface area contributed by atoms with Gasteiger partial charge in [0.15, 0.2) is 17.4 Å². The van der Waals surface area contributed by atoms with Gasteiger partial charge >= 0.3 is 0 Å². The molecule has 0 N–H and O–H groups in total. The van der Waals surface area contributed by atoms with Gasteiger partial charge in [-0.2, -0.15) is 0 Å². The molecule has 2 nitrogen and oxygen atoms in total. The summed E-state index contributed by atoms with van der Waals surface area (Å²) in [5, 5.41) is -0.986. The molecule has 0 unspecified atom stereocenters. The summed E-state index contributed by atoms with van der Waals surface area (Å²) in [5.41, 5.74) is -1.11. The standard InChI is InChI=1S/C13H10ClF3O2/c1-5-9(8(19)4-7(18)6-2-3-6)12(16)13(17)10(14)11(5)15/h6H,2-4H2,1H3. The molecule has 0 radical (unpaired) electrons. The Balaban J connectivity index is 2.38. The quantitative estimate of drug-likeness (QED) is 0.367. The summed E-state index contributed by atoms with van der Waals surface area (Å²) in [6.07, 6.45) is 0.872. The zero-order valence-electron chi connectivity index (χ0n) is 10.0. The molecular formula is C13H10ClF3O2. The number of carbonyl (C=O) groups excluding carboxylic acids is 2. The van der Waals surface area contributed by atoms with Gasteiger partial charge in [-0.1, -0.05) is 11.6 Å². The number of benzene rings is 1. The first-order chi connectivity index (χ1) is 8.84. The van der Waals surface area contributed by atoms with Crippen LogP contribution >= 0.6 is 11.6 Å². The lowest BCUT2D eigenvalue weighted by molar-refractivity contribution is -0.119. The lowest BCUT2D eigenvalue weighted by Crippen LogP contribution is -2.15. The van der Waals surface area contributed by atoms with Crippen molar-refractivity contribution in [3.05, 3.63) is 33.6 Å². The third-order valence-corrected chi connectivity index (χ3v) is 3.48. The first-order valence-electron chi connectivity index (χ1n) is 5.73. The molecule has 0 bridgehead atoms. The smallest absolute Gasteiger partial charge is 0.181 e. The molecule has 0 aliphatic heterocycles. The minimum absolute atomic E-state index is 0.172. The molecule has 0 saturated heterocycles. The molecule has 6 heteroatoms. The average molecular weight is 291 g/mol. The molecule has 0 amide bonds. The van der Waals surface area contributed by atoms with Crippen LogP contribution in [0, 0.1) is 30.3 Å². The molecule has 2 rings (SSSR count). The highest BCUT2D eigenvalue weighted by Crippen LogP contribution is 2.33. The van der Waals surface area contributed by atoms with E-state index in [0.717, 1.165) is 6.92 Å². The van der Waals surface area contributed by atoms with E-state index < -0.39 is 40.2 Å². The van der Waals surface area contributed by atoms with E-state index in [1.54, 1.807) is 0 Å². The summed E-state index contributed by atoms with van der Waals surface area (Å²) in [6.45, 7) is 1.12. The van der Waals surface area contributed by atoms with Crippen LogP contribution < -0.4 is 0 Å². The van der Waals surface area contributed by atoms with E-state index in [-0.39, 0.29) is 17.3 Å². The topological polar surface area (TPSA) is 34.1 Å². The Bertz CT molecular complexity index is 551. The number of carbonyl (C=O) groups is 2. The molecule has 1 fully saturated rings. The van der Waals surface area contributed by atoms with Crippen molar-refractivity contribution < 1.29 is 22.8 Å². The highest BCUT2D eigenvalue weighted by molar-refractivity contribution is 6.31. The largest absolute Gasteiger partial charge is 0.299 e. The highest BCUT2D eigenvalue weighted by Gasteiger charge is 2.33. The van der Waals surface area contributed by atoms with Gasteiger partial charge < -0.3 is 0 Å². The fourth-order valence-electron chi connectivity index (χ4n) is 1.87. The molecule has 0 aromatic heterocycles. The third-order valence-electron chi connectivity index (χ3n) is 3.15. The second kappa shape index (κ2) is 4.96. The summed E-state index contributed by atoms with van der Waals surface area (Å²) >= 11 is 5.26. The Morgan fingerprint density at radius 2 is 1.74 bits per heavy atom. The van der Waals surface area contributed by atoms with Crippen LogP contribution in [0.15, 0.2) is 0 Å². The van der Waals surface area contributed by atoms with Crippen molar-refractivity contribution in [3.8, 4) is 0 Å². The summed E-state index contributed by atoms with van der Waals surface area (Å²) in [5.74, 6) is -5.69. The second-order valence-electron chi connectivity index (χ2n) is 4.60. The number of rotatable bonds is 4. The Morgan fingerprint density at radius 3 is 2.26 bits per heavy atom. The van der Waals surface area contributed by atoms with E-state index >= 15 is 0 Å². The summed E-state index contributed by atoms with van der Waals surface area (Å²) in [4.78, 5) is 23.3. The molecule has 102 valence electrons. The molecule has 0 atom stereocenters. The second-order valence-corrected chi connectivity index (χ2v) is 4.97. The molecule has 1 saturated carbocycles. The predicted octanol–water partition coefficient (Wildman–Crippen LogP) is 3.62. The normalized spacial score (nSPS) is 14.6.